The Morgan fingerprint density at radius 2 is 1.71 bits per heavy atom. The molecular formula is C20H25ClN4O3. The molecule has 1 aromatic carbocycles. The summed E-state index contributed by atoms with van der Waals surface area (Å²) in [6.07, 6.45) is 0.835. The van der Waals surface area contributed by atoms with E-state index in [0.29, 0.717) is 16.4 Å². The number of benzene rings is 1. The van der Waals surface area contributed by atoms with Gasteiger partial charge in [-0.2, -0.15) is 0 Å². The van der Waals surface area contributed by atoms with E-state index in [0.717, 1.165) is 49.3 Å². The fraction of sp³-hybridized carbons (Fsp3) is 0.450. The normalized spacial score (nSPS) is 15.1. The van der Waals surface area contributed by atoms with E-state index >= 15 is 0 Å². The van der Waals surface area contributed by atoms with Gasteiger partial charge in [0.15, 0.2) is 5.78 Å². The monoisotopic (exact) mass is 404 g/mol. The van der Waals surface area contributed by atoms with Crippen molar-refractivity contribution < 1.29 is 4.79 Å². The van der Waals surface area contributed by atoms with Crippen LogP contribution in [0.25, 0.3) is 0 Å². The second-order valence-corrected chi connectivity index (χ2v) is 7.60. The molecule has 7 nitrogen and oxygen atoms in total. The Morgan fingerprint density at radius 3 is 2.36 bits per heavy atom. The van der Waals surface area contributed by atoms with Gasteiger partial charge in [0.25, 0.3) is 5.56 Å². The molecule has 0 N–H and O–H groups in total. The predicted molar refractivity (Wildman–Crippen MR) is 111 cm³/mol. The van der Waals surface area contributed by atoms with Crippen LogP contribution in [0.15, 0.2) is 33.9 Å². The average Bonchev–Trinajstić information content (AvgIpc) is 2.68. The van der Waals surface area contributed by atoms with Crippen molar-refractivity contribution >= 4 is 23.2 Å². The van der Waals surface area contributed by atoms with E-state index in [-0.39, 0.29) is 17.0 Å². The number of aromatic nitrogens is 2. The van der Waals surface area contributed by atoms with E-state index in [9.17, 15) is 14.4 Å². The van der Waals surface area contributed by atoms with E-state index < -0.39 is 0 Å². The van der Waals surface area contributed by atoms with Crippen LogP contribution < -0.4 is 16.1 Å². The minimum Gasteiger partial charge on any atom is -0.355 e. The molecule has 1 aliphatic heterocycles. The molecule has 0 atom stereocenters. The smallest absolute Gasteiger partial charge is 0.332 e. The summed E-state index contributed by atoms with van der Waals surface area (Å²) in [6.45, 7) is 5.59. The van der Waals surface area contributed by atoms with E-state index in [2.05, 4.69) is 9.80 Å². The molecule has 3 rings (SSSR count). The Kier molecular flexibility index (Phi) is 6.05. The molecule has 1 fully saturated rings. The lowest BCUT2D eigenvalue weighted by atomic mass is 10.1. The van der Waals surface area contributed by atoms with Gasteiger partial charge < -0.3 is 4.90 Å². The molecule has 1 aliphatic rings. The number of rotatable bonds is 5. The standard InChI is InChI=1S/C20H25ClN4O3/c1-14(26)16-12-15(4-5-17(16)21)6-7-24-8-10-25(11-9-24)18-13-19(27)23(3)20(28)22(18)2/h4-5,12-13H,6-11H2,1-3H3. The first-order valence-corrected chi connectivity index (χ1v) is 9.69. The SMILES string of the molecule is CC(=O)c1cc(CCN2CCN(c3cc(=O)n(C)c(=O)n3C)CC2)ccc1Cl. The summed E-state index contributed by atoms with van der Waals surface area (Å²) in [6, 6.07) is 7.13. The molecule has 0 amide bonds. The molecule has 0 unspecified atom stereocenters. The van der Waals surface area contributed by atoms with Gasteiger partial charge in [0, 0.05) is 58.4 Å². The fourth-order valence-corrected chi connectivity index (χ4v) is 3.76. The van der Waals surface area contributed by atoms with Gasteiger partial charge in [-0.15, -0.1) is 0 Å². The van der Waals surface area contributed by atoms with Crippen LogP contribution in [0.3, 0.4) is 0 Å². The number of carbonyl (C=O) groups excluding carboxylic acids is 1. The summed E-state index contributed by atoms with van der Waals surface area (Å²) in [5, 5.41) is 0.490. The second kappa shape index (κ2) is 8.32. The molecule has 0 spiro atoms. The highest BCUT2D eigenvalue weighted by Gasteiger charge is 2.20. The van der Waals surface area contributed by atoms with Crippen molar-refractivity contribution in [1.82, 2.24) is 14.0 Å². The predicted octanol–water partition coefficient (Wildman–Crippen LogP) is 1.30. The van der Waals surface area contributed by atoms with Crippen LogP contribution >= 0.6 is 11.6 Å². The molecule has 0 aliphatic carbocycles. The van der Waals surface area contributed by atoms with Gasteiger partial charge in [0.1, 0.15) is 5.82 Å². The number of piperazine rings is 1. The lowest BCUT2D eigenvalue weighted by Crippen LogP contribution is -2.49. The van der Waals surface area contributed by atoms with E-state index in [1.807, 2.05) is 12.1 Å². The number of hydrogen-bond acceptors (Lipinski definition) is 5. The molecule has 1 aromatic heterocycles. The molecule has 150 valence electrons. The number of ketones is 1. The first-order valence-electron chi connectivity index (χ1n) is 9.31. The van der Waals surface area contributed by atoms with Gasteiger partial charge >= 0.3 is 5.69 Å². The van der Waals surface area contributed by atoms with Crippen LogP contribution in [0.4, 0.5) is 5.82 Å². The van der Waals surface area contributed by atoms with Gasteiger partial charge in [-0.25, -0.2) is 4.79 Å². The molecule has 1 saturated heterocycles. The zero-order valence-electron chi connectivity index (χ0n) is 16.4. The highest BCUT2D eigenvalue weighted by atomic mass is 35.5. The maximum atomic E-state index is 12.1. The van der Waals surface area contributed by atoms with Gasteiger partial charge in [-0.3, -0.25) is 23.6 Å². The third kappa shape index (κ3) is 4.20. The van der Waals surface area contributed by atoms with E-state index in [4.69, 9.17) is 11.6 Å². The first-order chi connectivity index (χ1) is 13.3. The third-order valence-corrected chi connectivity index (χ3v) is 5.65. The quantitative estimate of drug-likeness (QED) is 0.703. The van der Waals surface area contributed by atoms with Gasteiger partial charge in [0.05, 0.1) is 5.02 Å². The van der Waals surface area contributed by atoms with Crippen molar-refractivity contribution in [3.05, 3.63) is 61.3 Å². The molecule has 8 heteroatoms. The van der Waals surface area contributed by atoms with Crippen molar-refractivity contribution in [2.75, 3.05) is 37.6 Å². The van der Waals surface area contributed by atoms with Crippen LogP contribution in [0, 0.1) is 0 Å². The highest BCUT2D eigenvalue weighted by molar-refractivity contribution is 6.33. The molecule has 2 heterocycles. The number of nitrogens with zero attached hydrogens (tertiary/aromatic N) is 4. The minimum atomic E-state index is -0.311. The lowest BCUT2D eigenvalue weighted by Gasteiger charge is -2.36. The van der Waals surface area contributed by atoms with Crippen LogP contribution in [-0.2, 0) is 20.5 Å². The summed E-state index contributed by atoms with van der Waals surface area (Å²) < 4.78 is 2.63. The van der Waals surface area contributed by atoms with Gasteiger partial charge in [0.2, 0.25) is 0 Å². The Balaban J connectivity index is 1.61. The second-order valence-electron chi connectivity index (χ2n) is 7.19. The molecule has 28 heavy (non-hydrogen) atoms. The molecular weight excluding hydrogens is 380 g/mol. The zero-order valence-corrected chi connectivity index (χ0v) is 17.2. The topological polar surface area (TPSA) is 67.6 Å². The Morgan fingerprint density at radius 1 is 1.04 bits per heavy atom. The molecule has 0 bridgehead atoms. The molecule has 2 aromatic rings. The van der Waals surface area contributed by atoms with Crippen molar-refractivity contribution in [3.63, 3.8) is 0 Å². The third-order valence-electron chi connectivity index (χ3n) is 5.32. The van der Waals surface area contributed by atoms with Crippen molar-refractivity contribution in [1.29, 1.82) is 0 Å². The molecule has 0 radical (unpaired) electrons. The van der Waals surface area contributed by atoms with E-state index in [1.54, 1.807) is 13.1 Å². The summed E-state index contributed by atoms with van der Waals surface area (Å²) in [5.41, 5.74) is 1.06. The highest BCUT2D eigenvalue weighted by Crippen LogP contribution is 2.19. The van der Waals surface area contributed by atoms with Crippen molar-refractivity contribution in [2.24, 2.45) is 14.1 Å². The summed E-state index contributed by atoms with van der Waals surface area (Å²) >= 11 is 6.07. The van der Waals surface area contributed by atoms with Gasteiger partial charge in [-0.1, -0.05) is 17.7 Å². The number of hydrogen-bond donors (Lipinski definition) is 0. The largest absolute Gasteiger partial charge is 0.355 e. The molecule has 0 saturated carbocycles. The number of halogens is 1. The zero-order chi connectivity index (χ0) is 20.4. The van der Waals surface area contributed by atoms with Crippen LogP contribution in [-0.4, -0.2) is 52.5 Å². The summed E-state index contributed by atoms with van der Waals surface area (Å²) in [7, 11) is 3.18. The number of Topliss-reactive ketones (excluding diaryl/α,β-unsaturated/α-hetero) is 1. The summed E-state index contributed by atoms with van der Waals surface area (Å²) in [4.78, 5) is 40.2. The summed E-state index contributed by atoms with van der Waals surface area (Å²) in [5.74, 6) is 0.636. The average molecular weight is 405 g/mol. The minimum absolute atomic E-state index is 0.0277. The van der Waals surface area contributed by atoms with Crippen molar-refractivity contribution in [2.45, 2.75) is 13.3 Å². The Labute approximate surface area is 168 Å². The number of carbonyl (C=O) groups is 1. The van der Waals surface area contributed by atoms with Gasteiger partial charge in [-0.05, 0) is 31.0 Å². The van der Waals surface area contributed by atoms with Crippen molar-refractivity contribution in [3.8, 4) is 0 Å². The van der Waals surface area contributed by atoms with Crippen LogP contribution in [0.2, 0.25) is 5.02 Å². The first kappa shape index (κ1) is 20.4. The number of anilines is 1. The Bertz CT molecular complexity index is 1000. The maximum Gasteiger partial charge on any atom is 0.332 e. The fourth-order valence-electron chi connectivity index (χ4n) is 3.51. The van der Waals surface area contributed by atoms with Crippen LogP contribution in [0.1, 0.15) is 22.8 Å². The maximum absolute atomic E-state index is 12.1. The lowest BCUT2D eigenvalue weighted by molar-refractivity contribution is 0.101. The van der Waals surface area contributed by atoms with E-state index in [1.165, 1.54) is 24.6 Å². The van der Waals surface area contributed by atoms with Crippen LogP contribution in [0.5, 0.6) is 0 Å². The Hall–Kier alpha value is -2.38.